The highest BCUT2D eigenvalue weighted by Crippen LogP contribution is 2.21. The first-order valence-electron chi connectivity index (χ1n) is 5.61. The molecule has 1 amide bonds. The molecule has 0 fully saturated rings. The van der Waals surface area contributed by atoms with Crippen LogP contribution in [0.25, 0.3) is 0 Å². The van der Waals surface area contributed by atoms with Gasteiger partial charge in [0, 0.05) is 11.4 Å². The number of hydrogen-bond donors (Lipinski definition) is 2. The molecule has 5 heteroatoms. The van der Waals surface area contributed by atoms with Gasteiger partial charge in [-0.3, -0.25) is 4.79 Å². The minimum absolute atomic E-state index is 0.0353. The molecule has 17 heavy (non-hydrogen) atoms. The van der Waals surface area contributed by atoms with Crippen molar-refractivity contribution < 1.29 is 14.6 Å². The Balaban J connectivity index is 2.57. The SMILES string of the molecule is COc1csc(C(=O)NC(CO)CC(C)C)c1. The van der Waals surface area contributed by atoms with E-state index in [1.807, 2.05) is 0 Å². The number of thiophene rings is 1. The third-order valence-corrected chi connectivity index (χ3v) is 3.25. The van der Waals surface area contributed by atoms with E-state index in [0.29, 0.717) is 16.5 Å². The fourth-order valence-electron chi connectivity index (χ4n) is 1.55. The van der Waals surface area contributed by atoms with Gasteiger partial charge in [-0.1, -0.05) is 13.8 Å². The maximum absolute atomic E-state index is 11.9. The molecule has 1 rings (SSSR count). The molecule has 0 aliphatic carbocycles. The number of aliphatic hydroxyl groups excluding tert-OH is 1. The van der Waals surface area contributed by atoms with Crippen molar-refractivity contribution in [2.75, 3.05) is 13.7 Å². The van der Waals surface area contributed by atoms with Crippen molar-refractivity contribution >= 4 is 17.2 Å². The van der Waals surface area contributed by atoms with Crippen molar-refractivity contribution in [1.82, 2.24) is 5.32 Å². The van der Waals surface area contributed by atoms with Crippen LogP contribution < -0.4 is 10.1 Å². The van der Waals surface area contributed by atoms with Gasteiger partial charge in [-0.15, -0.1) is 11.3 Å². The summed E-state index contributed by atoms with van der Waals surface area (Å²) in [6.07, 6.45) is 0.769. The van der Waals surface area contributed by atoms with Gasteiger partial charge in [-0.2, -0.15) is 0 Å². The molecule has 1 heterocycles. The van der Waals surface area contributed by atoms with E-state index in [2.05, 4.69) is 19.2 Å². The molecular weight excluding hydrogens is 238 g/mol. The van der Waals surface area contributed by atoms with Crippen LogP contribution in [0.3, 0.4) is 0 Å². The van der Waals surface area contributed by atoms with E-state index in [1.54, 1.807) is 18.6 Å². The van der Waals surface area contributed by atoms with Crippen molar-refractivity contribution in [2.45, 2.75) is 26.3 Å². The Bertz CT molecular complexity index is 362. The molecule has 0 aliphatic rings. The predicted molar refractivity (Wildman–Crippen MR) is 68.7 cm³/mol. The third kappa shape index (κ3) is 4.36. The zero-order valence-corrected chi connectivity index (χ0v) is 11.2. The number of amides is 1. The highest BCUT2D eigenvalue weighted by molar-refractivity contribution is 7.12. The smallest absolute Gasteiger partial charge is 0.261 e. The Labute approximate surface area is 106 Å². The molecule has 0 aromatic carbocycles. The summed E-state index contributed by atoms with van der Waals surface area (Å²) in [7, 11) is 1.57. The third-order valence-electron chi connectivity index (χ3n) is 2.35. The second-order valence-electron chi connectivity index (χ2n) is 4.33. The molecular formula is C12H19NO3S. The van der Waals surface area contributed by atoms with Crippen molar-refractivity contribution in [3.8, 4) is 5.75 Å². The number of ether oxygens (including phenoxy) is 1. The van der Waals surface area contributed by atoms with E-state index in [0.717, 1.165) is 6.42 Å². The van der Waals surface area contributed by atoms with Crippen molar-refractivity contribution in [2.24, 2.45) is 5.92 Å². The lowest BCUT2D eigenvalue weighted by Crippen LogP contribution is -2.38. The summed E-state index contributed by atoms with van der Waals surface area (Å²) in [5.41, 5.74) is 0. The van der Waals surface area contributed by atoms with Crippen LogP contribution in [-0.4, -0.2) is 30.8 Å². The van der Waals surface area contributed by atoms with Crippen LogP contribution in [0.1, 0.15) is 29.9 Å². The number of hydrogen-bond acceptors (Lipinski definition) is 4. The standard InChI is InChI=1S/C12H19NO3S/c1-8(2)4-9(6-14)13-12(15)11-5-10(16-3)7-17-11/h5,7-9,14H,4,6H2,1-3H3,(H,13,15). The normalized spacial score (nSPS) is 12.5. The highest BCUT2D eigenvalue weighted by Gasteiger charge is 2.15. The zero-order valence-electron chi connectivity index (χ0n) is 10.4. The molecule has 1 atom stereocenters. The lowest BCUT2D eigenvalue weighted by molar-refractivity contribution is 0.0912. The molecule has 0 aliphatic heterocycles. The minimum atomic E-state index is -0.185. The van der Waals surface area contributed by atoms with Gasteiger partial charge in [-0.25, -0.2) is 0 Å². The predicted octanol–water partition coefficient (Wildman–Crippen LogP) is 1.89. The minimum Gasteiger partial charge on any atom is -0.496 e. The fraction of sp³-hybridized carbons (Fsp3) is 0.583. The maximum Gasteiger partial charge on any atom is 0.261 e. The molecule has 4 nitrogen and oxygen atoms in total. The van der Waals surface area contributed by atoms with Crippen molar-refractivity contribution in [3.63, 3.8) is 0 Å². The van der Waals surface area contributed by atoms with Crippen LogP contribution in [0.4, 0.5) is 0 Å². The summed E-state index contributed by atoms with van der Waals surface area (Å²) >= 11 is 1.33. The largest absolute Gasteiger partial charge is 0.496 e. The van der Waals surface area contributed by atoms with E-state index >= 15 is 0 Å². The molecule has 96 valence electrons. The number of nitrogens with one attached hydrogen (secondary N) is 1. The van der Waals surface area contributed by atoms with Gasteiger partial charge >= 0.3 is 0 Å². The highest BCUT2D eigenvalue weighted by atomic mass is 32.1. The first-order valence-corrected chi connectivity index (χ1v) is 6.49. The summed E-state index contributed by atoms with van der Waals surface area (Å²) in [5, 5.41) is 13.8. The van der Waals surface area contributed by atoms with Crippen LogP contribution >= 0.6 is 11.3 Å². The fourth-order valence-corrected chi connectivity index (χ4v) is 2.31. The van der Waals surface area contributed by atoms with E-state index in [1.165, 1.54) is 11.3 Å². The molecule has 0 saturated heterocycles. The summed E-state index contributed by atoms with van der Waals surface area (Å²) in [4.78, 5) is 12.5. The molecule has 0 saturated carbocycles. The summed E-state index contributed by atoms with van der Waals surface area (Å²) in [5.74, 6) is 0.966. The van der Waals surface area contributed by atoms with Gasteiger partial charge in [0.2, 0.25) is 0 Å². The molecule has 1 aromatic heterocycles. The van der Waals surface area contributed by atoms with Gasteiger partial charge in [0.25, 0.3) is 5.91 Å². The van der Waals surface area contributed by atoms with Gasteiger partial charge in [0.1, 0.15) is 5.75 Å². The second kappa shape index (κ2) is 6.61. The average molecular weight is 257 g/mol. The number of aliphatic hydroxyl groups is 1. The number of carbonyl (C=O) groups excluding carboxylic acids is 1. The maximum atomic E-state index is 11.9. The molecule has 0 bridgehead atoms. The zero-order chi connectivity index (χ0) is 12.8. The first kappa shape index (κ1) is 14.0. The number of methoxy groups -OCH3 is 1. The Kier molecular flexibility index (Phi) is 5.44. The van der Waals surface area contributed by atoms with Gasteiger partial charge < -0.3 is 15.2 Å². The van der Waals surface area contributed by atoms with E-state index in [9.17, 15) is 9.90 Å². The van der Waals surface area contributed by atoms with Crippen LogP contribution in [0.15, 0.2) is 11.4 Å². The Hall–Kier alpha value is -1.07. The Morgan fingerprint density at radius 2 is 2.29 bits per heavy atom. The molecule has 2 N–H and O–H groups in total. The first-order chi connectivity index (χ1) is 8.06. The summed E-state index contributed by atoms with van der Waals surface area (Å²) < 4.78 is 5.02. The van der Waals surface area contributed by atoms with Crippen LogP contribution in [-0.2, 0) is 0 Å². The van der Waals surface area contributed by atoms with E-state index in [4.69, 9.17) is 4.74 Å². The molecule has 0 radical (unpaired) electrons. The monoisotopic (exact) mass is 257 g/mol. The number of rotatable bonds is 6. The molecule has 0 spiro atoms. The summed E-state index contributed by atoms with van der Waals surface area (Å²) in [6, 6.07) is 1.51. The van der Waals surface area contributed by atoms with E-state index in [-0.39, 0.29) is 18.6 Å². The van der Waals surface area contributed by atoms with Gasteiger partial charge in [0.05, 0.1) is 24.6 Å². The van der Waals surface area contributed by atoms with Crippen LogP contribution in [0, 0.1) is 5.92 Å². The van der Waals surface area contributed by atoms with E-state index < -0.39 is 0 Å². The van der Waals surface area contributed by atoms with Gasteiger partial charge in [-0.05, 0) is 12.3 Å². The summed E-state index contributed by atoms with van der Waals surface area (Å²) in [6.45, 7) is 4.08. The van der Waals surface area contributed by atoms with Crippen LogP contribution in [0.5, 0.6) is 5.75 Å². The second-order valence-corrected chi connectivity index (χ2v) is 5.24. The number of carbonyl (C=O) groups is 1. The van der Waals surface area contributed by atoms with Crippen molar-refractivity contribution in [1.29, 1.82) is 0 Å². The lowest BCUT2D eigenvalue weighted by atomic mass is 10.0. The quantitative estimate of drug-likeness (QED) is 0.818. The lowest BCUT2D eigenvalue weighted by Gasteiger charge is -2.17. The topological polar surface area (TPSA) is 58.6 Å². The van der Waals surface area contributed by atoms with Gasteiger partial charge in [0.15, 0.2) is 0 Å². The Morgan fingerprint density at radius 1 is 1.59 bits per heavy atom. The average Bonchev–Trinajstić information content (AvgIpc) is 2.75. The van der Waals surface area contributed by atoms with Crippen LogP contribution in [0.2, 0.25) is 0 Å². The molecule has 1 unspecified atom stereocenters. The molecule has 1 aromatic rings. The Morgan fingerprint density at radius 3 is 2.76 bits per heavy atom. The van der Waals surface area contributed by atoms with Crippen molar-refractivity contribution in [3.05, 3.63) is 16.3 Å².